The van der Waals surface area contributed by atoms with Crippen LogP contribution in [-0.2, 0) is 4.79 Å². The molecule has 0 bridgehead atoms. The Morgan fingerprint density at radius 3 is 1.13 bits per heavy atom. The third kappa shape index (κ3) is 3.04. The van der Waals surface area contributed by atoms with Gasteiger partial charge in [-0.15, -0.1) is 0 Å². The lowest BCUT2D eigenvalue weighted by Crippen LogP contribution is -2.64. The molecule has 0 aromatic carbocycles. The molecule has 15 nitrogen and oxygen atoms in total. The number of nitrogens with zero attached hydrogens (tertiary/aromatic N) is 4. The monoisotopic (exact) mass is 339 g/mol. The number of hydrogen-bond donors (Lipinski definition) is 2. The molecule has 0 amide bonds. The van der Waals surface area contributed by atoms with Crippen LogP contribution in [0.5, 0.6) is 0 Å². The van der Waals surface area contributed by atoms with Gasteiger partial charge < -0.3 is 10.2 Å². The van der Waals surface area contributed by atoms with Crippen LogP contribution >= 0.6 is 0 Å². The lowest BCUT2D eigenvalue weighted by molar-refractivity contribution is -0.811. The van der Waals surface area contributed by atoms with Gasteiger partial charge in [0.05, 0.1) is 13.8 Å². The molecule has 0 rings (SSSR count). The van der Waals surface area contributed by atoms with Gasteiger partial charge in [-0.05, 0) is 0 Å². The first-order chi connectivity index (χ1) is 10.3. The molecule has 0 heterocycles. The number of aliphatic hydroxyl groups is 2. The first kappa shape index (κ1) is 20.2. The van der Waals surface area contributed by atoms with Crippen LogP contribution in [0.15, 0.2) is 0 Å². The van der Waals surface area contributed by atoms with E-state index in [4.69, 9.17) is 0 Å². The van der Waals surface area contributed by atoms with Gasteiger partial charge in [-0.3, -0.25) is 45.3 Å². The zero-order valence-corrected chi connectivity index (χ0v) is 11.6. The van der Waals surface area contributed by atoms with Crippen LogP contribution in [0.3, 0.4) is 0 Å². The van der Waals surface area contributed by atoms with E-state index in [9.17, 15) is 55.5 Å². The van der Waals surface area contributed by atoms with E-state index in [0.717, 1.165) is 6.29 Å². The fraction of sp³-hybridized carbons (Fsp3) is 0.875. The highest BCUT2D eigenvalue weighted by atomic mass is 16.7. The van der Waals surface area contributed by atoms with E-state index < -0.39 is 49.1 Å². The van der Waals surface area contributed by atoms with Crippen LogP contribution in [0.4, 0.5) is 0 Å². The SMILES string of the molecule is CC(C(O)C([C]=O)C(O)C(C)([N+](=O)[O-])[N+](=O)[O-])([N+](=O)[O-])[N+](=O)[O-]. The number of carbonyl (C=O) groups excluding carboxylic acids is 1. The minimum absolute atomic E-state index is 0.268. The van der Waals surface area contributed by atoms with Gasteiger partial charge in [0.2, 0.25) is 18.5 Å². The summed E-state index contributed by atoms with van der Waals surface area (Å²) in [6.07, 6.45) is -5.10. The maximum absolute atomic E-state index is 10.8. The maximum atomic E-state index is 10.8. The molecular weight excluding hydrogens is 328 g/mol. The zero-order valence-electron chi connectivity index (χ0n) is 11.6. The molecule has 23 heavy (non-hydrogen) atoms. The summed E-state index contributed by atoms with van der Waals surface area (Å²) in [7, 11) is 0. The molecular formula is C8H11N4O11. The molecule has 0 aliphatic heterocycles. The van der Waals surface area contributed by atoms with Crippen LogP contribution in [0.25, 0.3) is 0 Å². The van der Waals surface area contributed by atoms with E-state index in [1.54, 1.807) is 0 Å². The van der Waals surface area contributed by atoms with Crippen LogP contribution in [-0.4, -0.2) is 59.7 Å². The molecule has 0 aromatic rings. The van der Waals surface area contributed by atoms with E-state index in [0.29, 0.717) is 0 Å². The van der Waals surface area contributed by atoms with Crippen LogP contribution in [0.1, 0.15) is 13.8 Å². The van der Waals surface area contributed by atoms with Crippen molar-refractivity contribution in [1.82, 2.24) is 0 Å². The molecule has 15 heteroatoms. The highest BCUT2D eigenvalue weighted by Crippen LogP contribution is 2.29. The molecule has 0 aliphatic carbocycles. The summed E-state index contributed by atoms with van der Waals surface area (Å²) in [6.45, 7) is 0.536. The second-order valence-corrected chi connectivity index (χ2v) is 4.75. The lowest BCUT2D eigenvalue weighted by atomic mass is 9.84. The van der Waals surface area contributed by atoms with Crippen molar-refractivity contribution in [3.8, 4) is 0 Å². The van der Waals surface area contributed by atoms with Crippen molar-refractivity contribution in [3.63, 3.8) is 0 Å². The van der Waals surface area contributed by atoms with Crippen LogP contribution in [0.2, 0.25) is 0 Å². The van der Waals surface area contributed by atoms with E-state index in [1.807, 2.05) is 0 Å². The van der Waals surface area contributed by atoms with Crippen molar-refractivity contribution in [1.29, 1.82) is 0 Å². The Bertz CT molecular complexity index is 476. The minimum Gasteiger partial charge on any atom is -0.378 e. The number of rotatable bonds is 9. The third-order valence-corrected chi connectivity index (χ3v) is 3.42. The summed E-state index contributed by atoms with van der Waals surface area (Å²) in [4.78, 5) is 47.6. The number of nitro groups is 4. The van der Waals surface area contributed by atoms with Crippen molar-refractivity contribution < 1.29 is 34.7 Å². The van der Waals surface area contributed by atoms with Crippen molar-refractivity contribution in [2.75, 3.05) is 0 Å². The maximum Gasteiger partial charge on any atom is 0.481 e. The van der Waals surface area contributed by atoms with Gasteiger partial charge in [-0.2, -0.15) is 0 Å². The van der Waals surface area contributed by atoms with Crippen LogP contribution in [0, 0.1) is 46.4 Å². The molecule has 0 spiro atoms. The Hall–Kier alpha value is -2.81. The zero-order chi connectivity index (χ0) is 18.7. The van der Waals surface area contributed by atoms with Crippen molar-refractivity contribution >= 4 is 6.29 Å². The van der Waals surface area contributed by atoms with Gasteiger partial charge in [-0.25, -0.2) is 0 Å². The molecule has 0 aromatic heterocycles. The van der Waals surface area contributed by atoms with E-state index >= 15 is 0 Å². The first-order valence-electron chi connectivity index (χ1n) is 5.61. The number of hydrogen-bond acceptors (Lipinski definition) is 11. The topological polar surface area (TPSA) is 230 Å². The molecule has 2 atom stereocenters. The van der Waals surface area contributed by atoms with Crippen molar-refractivity contribution in [2.24, 2.45) is 5.92 Å². The summed E-state index contributed by atoms with van der Waals surface area (Å²) in [5, 5.41) is 62.6. The summed E-state index contributed by atoms with van der Waals surface area (Å²) in [5.74, 6) is -2.67. The molecule has 2 unspecified atom stereocenters. The smallest absolute Gasteiger partial charge is 0.378 e. The number of aliphatic hydroxyl groups excluding tert-OH is 2. The molecule has 129 valence electrons. The highest BCUT2D eigenvalue weighted by molar-refractivity contribution is 5.57. The van der Waals surface area contributed by atoms with Gasteiger partial charge in [-0.1, -0.05) is 0 Å². The fourth-order valence-electron chi connectivity index (χ4n) is 1.55. The van der Waals surface area contributed by atoms with E-state index in [1.165, 1.54) is 0 Å². The van der Waals surface area contributed by atoms with Gasteiger partial charge in [0.1, 0.15) is 25.6 Å². The summed E-state index contributed by atoms with van der Waals surface area (Å²) < 4.78 is 0. The Labute approximate surface area is 126 Å². The standard InChI is InChI=1S/C8H11N4O11/c1-7(9(16)17,10(18)19)5(14)4(3-13)6(15)8(2,11(20)21)12(22)23/h4-6,14-15H,1-2H3. The van der Waals surface area contributed by atoms with Gasteiger partial charge in [0.15, 0.2) is 0 Å². The lowest BCUT2D eigenvalue weighted by Gasteiger charge is -2.27. The Morgan fingerprint density at radius 2 is 1.00 bits per heavy atom. The predicted octanol–water partition coefficient (Wildman–Crippen LogP) is -2.03. The quantitative estimate of drug-likeness (QED) is 0.264. The third-order valence-electron chi connectivity index (χ3n) is 3.42. The first-order valence-corrected chi connectivity index (χ1v) is 5.61. The van der Waals surface area contributed by atoms with Gasteiger partial charge in [0, 0.05) is 0 Å². The minimum atomic E-state index is -3.46. The summed E-state index contributed by atoms with van der Waals surface area (Å²) >= 11 is 0. The average Bonchev–Trinajstić information content (AvgIpc) is 2.44. The molecule has 0 aliphatic rings. The molecule has 0 saturated carbocycles. The van der Waals surface area contributed by atoms with Crippen molar-refractivity contribution in [2.45, 2.75) is 37.4 Å². The fourth-order valence-corrected chi connectivity index (χ4v) is 1.55. The predicted molar refractivity (Wildman–Crippen MR) is 66.0 cm³/mol. The Balaban J connectivity index is 6.07. The summed E-state index contributed by atoms with van der Waals surface area (Å²) in [5.41, 5.74) is -6.92. The second-order valence-electron chi connectivity index (χ2n) is 4.75. The molecule has 2 N–H and O–H groups in total. The highest BCUT2D eigenvalue weighted by Gasteiger charge is 2.68. The normalized spacial score (nSPS) is 16.0. The largest absolute Gasteiger partial charge is 0.481 e. The van der Waals surface area contributed by atoms with Gasteiger partial charge >= 0.3 is 11.3 Å². The van der Waals surface area contributed by atoms with E-state index in [2.05, 4.69) is 0 Å². The van der Waals surface area contributed by atoms with Crippen molar-refractivity contribution in [3.05, 3.63) is 40.5 Å². The molecule has 0 fully saturated rings. The summed E-state index contributed by atoms with van der Waals surface area (Å²) in [6, 6.07) is 0. The molecule has 0 saturated heterocycles. The van der Waals surface area contributed by atoms with Crippen LogP contribution < -0.4 is 0 Å². The Morgan fingerprint density at radius 1 is 0.783 bits per heavy atom. The van der Waals surface area contributed by atoms with E-state index in [-0.39, 0.29) is 13.8 Å². The Kier molecular flexibility index (Phi) is 5.73. The van der Waals surface area contributed by atoms with Gasteiger partial charge in [0.25, 0.3) is 0 Å². The average molecular weight is 339 g/mol. The molecule has 1 radical (unpaired) electrons. The second kappa shape index (κ2) is 6.53.